The van der Waals surface area contributed by atoms with Gasteiger partial charge in [-0.3, -0.25) is 0 Å². The highest BCUT2D eigenvalue weighted by Gasteiger charge is 2.35. The molecule has 1 aliphatic rings. The third-order valence-corrected chi connectivity index (χ3v) is 7.46. The Morgan fingerprint density at radius 3 is 2.47 bits per heavy atom. The summed E-state index contributed by atoms with van der Waals surface area (Å²) in [5.74, 6) is -0.295. The van der Waals surface area contributed by atoms with Gasteiger partial charge in [-0.05, 0) is 54.0 Å². The molecule has 1 saturated carbocycles. The minimum Gasteiger partial charge on any atom is -0.347 e. The molecule has 1 aromatic heterocycles. The van der Waals surface area contributed by atoms with Gasteiger partial charge in [0.1, 0.15) is 5.82 Å². The van der Waals surface area contributed by atoms with Gasteiger partial charge in [-0.2, -0.15) is 0 Å². The molecule has 4 rings (SSSR count). The van der Waals surface area contributed by atoms with E-state index in [2.05, 4.69) is 30.1 Å². The Bertz CT molecular complexity index is 1200. The summed E-state index contributed by atoms with van der Waals surface area (Å²) in [5, 5.41) is 0.484. The molecule has 1 N–H and O–H groups in total. The first-order chi connectivity index (χ1) is 14.0. The summed E-state index contributed by atoms with van der Waals surface area (Å²) in [5.41, 5.74) is 4.20. The number of halogens is 1. The van der Waals surface area contributed by atoms with E-state index in [4.69, 9.17) is 0 Å². The van der Waals surface area contributed by atoms with Crippen molar-refractivity contribution in [1.82, 2.24) is 9.29 Å². The van der Waals surface area contributed by atoms with E-state index < -0.39 is 10.0 Å². The molecule has 0 bridgehead atoms. The number of aryl methyl sites for hydroxylation is 1. The van der Waals surface area contributed by atoms with Gasteiger partial charge in [0.25, 0.3) is 0 Å². The molecule has 1 heterocycles. The molecule has 0 atom stereocenters. The first-order valence-corrected chi connectivity index (χ1v) is 12.0. The van der Waals surface area contributed by atoms with Crippen LogP contribution in [0.25, 0.3) is 22.0 Å². The molecule has 0 saturated heterocycles. The van der Waals surface area contributed by atoms with Crippen LogP contribution in [0, 0.1) is 18.2 Å². The largest absolute Gasteiger partial charge is 0.347 e. The zero-order chi connectivity index (χ0) is 21.7. The van der Waals surface area contributed by atoms with Crippen molar-refractivity contribution in [2.24, 2.45) is 5.41 Å². The maximum Gasteiger partial charge on any atom is 0.214 e. The highest BCUT2D eigenvalue weighted by molar-refractivity contribution is 7.90. The van der Waals surface area contributed by atoms with Crippen molar-refractivity contribution in [1.29, 1.82) is 0 Å². The molecular weight excluding hydrogens is 399 g/mol. The van der Waals surface area contributed by atoms with Gasteiger partial charge in [-0.15, -0.1) is 0 Å². The first-order valence-electron chi connectivity index (χ1n) is 10.4. The standard InChI is InChI=1S/C24H29FN2O2S/c1-16-7-5-6-8-19(16)21-12-23-20(11-22(21)25)17(14-27(23)15-24(2,3)4)13-26-30(28,29)18-9-10-18/h5-8,11-12,14,18,26H,9-10,13,15H2,1-4H3. The van der Waals surface area contributed by atoms with Gasteiger partial charge >= 0.3 is 0 Å². The van der Waals surface area contributed by atoms with E-state index in [1.54, 1.807) is 6.07 Å². The van der Waals surface area contributed by atoms with Crippen LogP contribution in [0.2, 0.25) is 0 Å². The number of nitrogens with zero attached hydrogens (tertiary/aromatic N) is 1. The summed E-state index contributed by atoms with van der Waals surface area (Å²) in [6.45, 7) is 9.36. The van der Waals surface area contributed by atoms with Gasteiger partial charge < -0.3 is 4.57 Å². The summed E-state index contributed by atoms with van der Waals surface area (Å²) in [6, 6.07) is 11.2. The van der Waals surface area contributed by atoms with Gasteiger partial charge in [-0.1, -0.05) is 45.0 Å². The van der Waals surface area contributed by atoms with E-state index >= 15 is 4.39 Å². The summed E-state index contributed by atoms with van der Waals surface area (Å²) in [7, 11) is -3.30. The van der Waals surface area contributed by atoms with E-state index in [1.807, 2.05) is 43.5 Å². The van der Waals surface area contributed by atoms with Gasteiger partial charge in [0, 0.05) is 35.8 Å². The Labute approximate surface area is 178 Å². The molecule has 6 heteroatoms. The number of benzene rings is 2. The zero-order valence-electron chi connectivity index (χ0n) is 18.0. The van der Waals surface area contributed by atoms with Crippen LogP contribution >= 0.6 is 0 Å². The molecule has 1 fully saturated rings. The molecule has 3 aromatic rings. The van der Waals surface area contributed by atoms with Crippen LogP contribution in [0.5, 0.6) is 0 Å². The van der Waals surface area contributed by atoms with E-state index in [0.717, 1.165) is 47.0 Å². The van der Waals surface area contributed by atoms with E-state index in [1.165, 1.54) is 0 Å². The molecule has 2 aromatic carbocycles. The number of aromatic nitrogens is 1. The lowest BCUT2D eigenvalue weighted by atomic mass is 9.96. The Morgan fingerprint density at radius 2 is 1.83 bits per heavy atom. The minimum atomic E-state index is -3.30. The zero-order valence-corrected chi connectivity index (χ0v) is 18.8. The van der Waals surface area contributed by atoms with Crippen LogP contribution < -0.4 is 4.72 Å². The van der Waals surface area contributed by atoms with Crippen molar-refractivity contribution in [2.45, 2.75) is 58.9 Å². The lowest BCUT2D eigenvalue weighted by Gasteiger charge is -2.20. The Hall–Kier alpha value is -2.18. The van der Waals surface area contributed by atoms with Crippen molar-refractivity contribution in [3.63, 3.8) is 0 Å². The topological polar surface area (TPSA) is 51.1 Å². The smallest absolute Gasteiger partial charge is 0.214 e. The SMILES string of the molecule is Cc1ccccc1-c1cc2c(cc1F)c(CNS(=O)(=O)C1CC1)cn2CC(C)(C)C. The van der Waals surface area contributed by atoms with Gasteiger partial charge in [0.2, 0.25) is 10.0 Å². The Kier molecular flexibility index (Phi) is 5.27. The van der Waals surface area contributed by atoms with Crippen molar-refractivity contribution in [3.05, 3.63) is 59.5 Å². The van der Waals surface area contributed by atoms with Crippen LogP contribution in [0.4, 0.5) is 4.39 Å². The molecule has 0 aliphatic heterocycles. The second kappa shape index (κ2) is 7.50. The van der Waals surface area contributed by atoms with Gasteiger partial charge in [-0.25, -0.2) is 17.5 Å². The van der Waals surface area contributed by atoms with Gasteiger partial charge in [0.15, 0.2) is 0 Å². The number of sulfonamides is 1. The first kappa shape index (κ1) is 21.1. The predicted molar refractivity (Wildman–Crippen MR) is 120 cm³/mol. The summed E-state index contributed by atoms with van der Waals surface area (Å²) >= 11 is 0. The second-order valence-corrected chi connectivity index (χ2v) is 11.6. The molecular formula is C24H29FN2O2S. The van der Waals surface area contributed by atoms with Crippen LogP contribution in [0.15, 0.2) is 42.6 Å². The van der Waals surface area contributed by atoms with Gasteiger partial charge in [0.05, 0.1) is 5.25 Å². The van der Waals surface area contributed by atoms with Crippen molar-refractivity contribution in [3.8, 4) is 11.1 Å². The molecule has 160 valence electrons. The lowest BCUT2D eigenvalue weighted by molar-refractivity contribution is 0.349. The van der Waals surface area contributed by atoms with Crippen molar-refractivity contribution in [2.75, 3.05) is 0 Å². The quantitative estimate of drug-likeness (QED) is 0.573. The van der Waals surface area contributed by atoms with E-state index in [9.17, 15) is 8.42 Å². The molecule has 0 radical (unpaired) electrons. The maximum absolute atomic E-state index is 15.2. The molecule has 0 unspecified atom stereocenters. The number of hydrogen-bond acceptors (Lipinski definition) is 2. The molecule has 0 spiro atoms. The lowest BCUT2D eigenvalue weighted by Crippen LogP contribution is -2.26. The minimum absolute atomic E-state index is 0.0218. The average molecular weight is 429 g/mol. The van der Waals surface area contributed by atoms with Crippen LogP contribution in [0.1, 0.15) is 44.7 Å². The fourth-order valence-electron chi connectivity index (χ4n) is 3.92. The normalized spacial score (nSPS) is 15.1. The summed E-state index contributed by atoms with van der Waals surface area (Å²) in [6.07, 6.45) is 3.40. The highest BCUT2D eigenvalue weighted by atomic mass is 32.2. The van der Waals surface area contributed by atoms with E-state index in [0.29, 0.717) is 5.56 Å². The molecule has 0 amide bonds. The fraction of sp³-hybridized carbons (Fsp3) is 0.417. The number of fused-ring (bicyclic) bond motifs is 1. The monoisotopic (exact) mass is 428 g/mol. The predicted octanol–water partition coefficient (Wildman–Crippen LogP) is 5.38. The van der Waals surface area contributed by atoms with Crippen LogP contribution in [-0.2, 0) is 23.1 Å². The molecule has 4 nitrogen and oxygen atoms in total. The average Bonchev–Trinajstić information content (AvgIpc) is 3.46. The number of rotatable bonds is 6. The molecule has 1 aliphatic carbocycles. The third-order valence-electron chi connectivity index (χ3n) is 5.56. The number of hydrogen-bond donors (Lipinski definition) is 1. The van der Waals surface area contributed by atoms with Crippen molar-refractivity contribution >= 4 is 20.9 Å². The maximum atomic E-state index is 15.2. The third kappa shape index (κ3) is 4.30. The van der Waals surface area contributed by atoms with Crippen molar-refractivity contribution < 1.29 is 12.8 Å². The number of nitrogens with one attached hydrogen (secondary N) is 1. The van der Waals surface area contributed by atoms with E-state index in [-0.39, 0.29) is 23.0 Å². The fourth-order valence-corrected chi connectivity index (χ4v) is 5.27. The summed E-state index contributed by atoms with van der Waals surface area (Å²) in [4.78, 5) is 0. The Morgan fingerprint density at radius 1 is 1.13 bits per heavy atom. The van der Waals surface area contributed by atoms with Crippen LogP contribution in [0.3, 0.4) is 0 Å². The second-order valence-electron chi connectivity index (χ2n) is 9.57. The Balaban J connectivity index is 1.81. The van der Waals surface area contributed by atoms with Crippen LogP contribution in [-0.4, -0.2) is 18.2 Å². The summed E-state index contributed by atoms with van der Waals surface area (Å²) < 4.78 is 44.6. The molecule has 30 heavy (non-hydrogen) atoms. The highest BCUT2D eigenvalue weighted by Crippen LogP contribution is 2.34.